The van der Waals surface area contributed by atoms with Crippen LogP contribution in [0.3, 0.4) is 0 Å². The number of carbonyl (C=O) groups excluding carboxylic acids is 2. The highest BCUT2D eigenvalue weighted by Crippen LogP contribution is 2.36. The van der Waals surface area contributed by atoms with Gasteiger partial charge in [0.15, 0.2) is 11.5 Å². The normalized spacial score (nSPS) is 13.1. The van der Waals surface area contributed by atoms with E-state index in [2.05, 4.69) is 5.32 Å². The van der Waals surface area contributed by atoms with Gasteiger partial charge in [0.05, 0.1) is 10.6 Å². The molecule has 0 saturated heterocycles. The first-order valence-corrected chi connectivity index (χ1v) is 17.3. The van der Waals surface area contributed by atoms with Crippen molar-refractivity contribution in [2.45, 2.75) is 43.8 Å². The van der Waals surface area contributed by atoms with E-state index in [1.807, 2.05) is 44.2 Å². The molecule has 1 atom stereocenters. The second kappa shape index (κ2) is 15.1. The summed E-state index contributed by atoms with van der Waals surface area (Å²) < 4.78 is 40.9. The van der Waals surface area contributed by atoms with E-state index in [1.54, 1.807) is 48.5 Å². The van der Waals surface area contributed by atoms with Crippen LogP contribution in [0.2, 0.25) is 10.0 Å². The molecule has 2 amide bonds. The van der Waals surface area contributed by atoms with Crippen LogP contribution in [-0.2, 0) is 32.6 Å². The van der Waals surface area contributed by atoms with Crippen molar-refractivity contribution in [3.05, 3.63) is 118 Å². The van der Waals surface area contributed by atoms with E-state index in [0.717, 1.165) is 9.87 Å². The van der Waals surface area contributed by atoms with E-state index in [9.17, 15) is 18.0 Å². The lowest BCUT2D eigenvalue weighted by Gasteiger charge is -2.34. The van der Waals surface area contributed by atoms with Crippen LogP contribution >= 0.6 is 23.2 Å². The van der Waals surface area contributed by atoms with Gasteiger partial charge in [0, 0.05) is 40.7 Å². The molecule has 47 heavy (non-hydrogen) atoms. The molecule has 1 heterocycles. The molecule has 0 bridgehead atoms. The molecule has 0 aliphatic carbocycles. The van der Waals surface area contributed by atoms with Gasteiger partial charge in [-0.25, -0.2) is 8.42 Å². The molecule has 0 radical (unpaired) electrons. The summed E-state index contributed by atoms with van der Waals surface area (Å²) >= 11 is 13.1. The quantitative estimate of drug-likeness (QED) is 0.191. The van der Waals surface area contributed by atoms with E-state index in [1.165, 1.54) is 23.1 Å². The summed E-state index contributed by atoms with van der Waals surface area (Å²) in [6.45, 7) is 3.51. The van der Waals surface area contributed by atoms with Gasteiger partial charge in [0.1, 0.15) is 25.8 Å². The third-order valence-electron chi connectivity index (χ3n) is 7.52. The van der Waals surface area contributed by atoms with Crippen LogP contribution in [0.15, 0.2) is 102 Å². The molecule has 1 N–H and O–H groups in total. The Morgan fingerprint density at radius 3 is 2.09 bits per heavy atom. The Kier molecular flexibility index (Phi) is 11.0. The van der Waals surface area contributed by atoms with Crippen LogP contribution < -0.4 is 19.1 Å². The number of anilines is 1. The van der Waals surface area contributed by atoms with Crippen LogP contribution in [0, 0.1) is 0 Å². The van der Waals surface area contributed by atoms with Crippen LogP contribution in [0.1, 0.15) is 25.0 Å². The van der Waals surface area contributed by atoms with Crippen LogP contribution in [0.5, 0.6) is 11.5 Å². The molecule has 9 nitrogen and oxygen atoms in total. The lowest BCUT2D eigenvalue weighted by molar-refractivity contribution is -0.140. The minimum absolute atomic E-state index is 0.0122. The largest absolute Gasteiger partial charge is 0.486 e. The van der Waals surface area contributed by atoms with Gasteiger partial charge in [-0.05, 0) is 55.8 Å². The predicted octanol–water partition coefficient (Wildman–Crippen LogP) is 6.12. The molecule has 0 saturated carbocycles. The molecule has 1 aliphatic rings. The van der Waals surface area contributed by atoms with E-state index >= 15 is 0 Å². The summed E-state index contributed by atoms with van der Waals surface area (Å²) in [7, 11) is -4.29. The number of fused-ring (bicyclic) bond motifs is 1. The van der Waals surface area contributed by atoms with Crippen molar-refractivity contribution in [1.82, 2.24) is 10.2 Å². The number of hydrogen-bond donors (Lipinski definition) is 1. The third-order valence-corrected chi connectivity index (χ3v) is 10.0. The monoisotopic (exact) mass is 695 g/mol. The molecule has 0 fully saturated rings. The average molecular weight is 697 g/mol. The summed E-state index contributed by atoms with van der Waals surface area (Å²) in [5, 5.41) is 3.54. The molecule has 5 rings (SSSR count). The van der Waals surface area contributed by atoms with Crippen molar-refractivity contribution >= 4 is 50.7 Å². The molecule has 4 aromatic rings. The summed E-state index contributed by atoms with van der Waals surface area (Å²) in [4.78, 5) is 29.8. The highest BCUT2D eigenvalue weighted by atomic mass is 35.5. The number of benzene rings is 4. The Morgan fingerprint density at radius 1 is 0.830 bits per heavy atom. The van der Waals surface area contributed by atoms with Crippen LogP contribution in [0.25, 0.3) is 0 Å². The summed E-state index contributed by atoms with van der Waals surface area (Å²) in [6.07, 6.45) is 0.155. The lowest BCUT2D eigenvalue weighted by Crippen LogP contribution is -2.54. The number of amides is 2. The van der Waals surface area contributed by atoms with Gasteiger partial charge < -0.3 is 19.7 Å². The van der Waals surface area contributed by atoms with Crippen molar-refractivity contribution in [3.8, 4) is 11.5 Å². The van der Waals surface area contributed by atoms with E-state index < -0.39 is 34.4 Å². The van der Waals surface area contributed by atoms with Gasteiger partial charge in [-0.1, -0.05) is 77.8 Å². The maximum atomic E-state index is 14.6. The molecular formula is C35H35Cl2N3O6S. The molecule has 0 unspecified atom stereocenters. The van der Waals surface area contributed by atoms with E-state index in [-0.39, 0.29) is 29.6 Å². The Bertz CT molecular complexity index is 1800. The maximum absolute atomic E-state index is 14.6. The van der Waals surface area contributed by atoms with Crippen molar-refractivity contribution in [3.63, 3.8) is 0 Å². The topological polar surface area (TPSA) is 105 Å². The molecule has 0 spiro atoms. The zero-order valence-electron chi connectivity index (χ0n) is 25.9. The summed E-state index contributed by atoms with van der Waals surface area (Å²) in [6, 6.07) is 25.5. The molecule has 1 aliphatic heterocycles. The fraction of sp³-hybridized carbons (Fsp3) is 0.257. The lowest BCUT2D eigenvalue weighted by atomic mass is 10.0. The van der Waals surface area contributed by atoms with Crippen LogP contribution in [-0.4, -0.2) is 57.0 Å². The van der Waals surface area contributed by atoms with Gasteiger partial charge >= 0.3 is 0 Å². The van der Waals surface area contributed by atoms with Gasteiger partial charge in [0.25, 0.3) is 10.0 Å². The fourth-order valence-electron chi connectivity index (χ4n) is 5.22. The Labute approximate surface area is 285 Å². The number of sulfonamides is 1. The minimum Gasteiger partial charge on any atom is -0.486 e. The highest BCUT2D eigenvalue weighted by molar-refractivity contribution is 7.92. The van der Waals surface area contributed by atoms with Gasteiger partial charge in [0.2, 0.25) is 11.8 Å². The number of halogens is 2. The zero-order chi connectivity index (χ0) is 33.6. The first-order valence-electron chi connectivity index (χ1n) is 15.1. The van der Waals surface area contributed by atoms with Crippen molar-refractivity contribution in [1.29, 1.82) is 0 Å². The zero-order valence-corrected chi connectivity index (χ0v) is 28.3. The first kappa shape index (κ1) is 34.1. The average Bonchev–Trinajstić information content (AvgIpc) is 3.06. The molecule has 246 valence electrons. The standard InChI is InChI=1S/C35H35Cl2N3O6S/c1-24(2)38-35(42)31(20-25-10-5-3-6-11-25)39(22-28-29(36)14-9-15-30(28)37)34(41)23-40(47(43,44)27-12-7-4-8-13-27)26-16-17-32-33(21-26)46-19-18-45-32/h3-17,21,24,31H,18-20,22-23H2,1-2H3,(H,38,42)/t31-/m0/s1. The van der Waals surface area contributed by atoms with E-state index in [0.29, 0.717) is 40.3 Å². The number of nitrogens with zero attached hydrogens (tertiary/aromatic N) is 2. The summed E-state index contributed by atoms with van der Waals surface area (Å²) in [5.74, 6) is -0.230. The second-order valence-electron chi connectivity index (χ2n) is 11.2. The number of carbonyl (C=O) groups is 2. The van der Waals surface area contributed by atoms with Crippen molar-refractivity contribution in [2.75, 3.05) is 24.1 Å². The van der Waals surface area contributed by atoms with Crippen LogP contribution in [0.4, 0.5) is 5.69 Å². The SMILES string of the molecule is CC(C)NC(=O)[C@H](Cc1ccccc1)N(Cc1c(Cl)cccc1Cl)C(=O)CN(c1ccc2c(c1)OCCO2)S(=O)(=O)c1ccccc1. The van der Waals surface area contributed by atoms with Gasteiger partial charge in [-0.15, -0.1) is 0 Å². The fourth-order valence-corrected chi connectivity index (χ4v) is 7.17. The smallest absolute Gasteiger partial charge is 0.264 e. The first-order chi connectivity index (χ1) is 22.5. The van der Waals surface area contributed by atoms with Gasteiger partial charge in [-0.3, -0.25) is 13.9 Å². The number of nitrogens with one attached hydrogen (secondary N) is 1. The molecule has 12 heteroatoms. The number of rotatable bonds is 12. The Morgan fingerprint density at radius 2 is 1.45 bits per heavy atom. The van der Waals surface area contributed by atoms with E-state index in [4.69, 9.17) is 32.7 Å². The highest BCUT2D eigenvalue weighted by Gasteiger charge is 2.36. The second-order valence-corrected chi connectivity index (χ2v) is 13.9. The maximum Gasteiger partial charge on any atom is 0.264 e. The molecular weight excluding hydrogens is 661 g/mol. The number of ether oxygens (including phenoxy) is 2. The van der Waals surface area contributed by atoms with Crippen molar-refractivity contribution < 1.29 is 27.5 Å². The predicted molar refractivity (Wildman–Crippen MR) is 183 cm³/mol. The molecule has 4 aromatic carbocycles. The third kappa shape index (κ3) is 8.19. The molecule has 0 aromatic heterocycles. The van der Waals surface area contributed by atoms with Gasteiger partial charge in [-0.2, -0.15) is 0 Å². The Hall–Kier alpha value is -4.25. The minimum atomic E-state index is -4.29. The Balaban J connectivity index is 1.61. The number of hydrogen-bond acceptors (Lipinski definition) is 6. The summed E-state index contributed by atoms with van der Waals surface area (Å²) in [5.41, 5.74) is 1.42. The van der Waals surface area contributed by atoms with Crippen molar-refractivity contribution in [2.24, 2.45) is 0 Å².